The Morgan fingerprint density at radius 2 is 1.84 bits per heavy atom. The first-order valence-electron chi connectivity index (χ1n) is 8.58. The van der Waals surface area contributed by atoms with Gasteiger partial charge in [0.25, 0.3) is 5.56 Å². The van der Waals surface area contributed by atoms with Crippen molar-refractivity contribution in [3.63, 3.8) is 0 Å². The number of fused-ring (bicyclic) bond motifs is 3. The fraction of sp³-hybridized carbons (Fsp3) is 0.444. The van der Waals surface area contributed by atoms with Crippen molar-refractivity contribution < 1.29 is 8.42 Å². The lowest BCUT2D eigenvalue weighted by Crippen LogP contribution is -2.42. The third kappa shape index (κ3) is 3.02. The summed E-state index contributed by atoms with van der Waals surface area (Å²) in [7, 11) is -3.44. The average molecular weight is 359 g/mol. The molecule has 2 bridgehead atoms. The lowest BCUT2D eigenvalue weighted by molar-refractivity contribution is 0.326. The molecule has 1 aromatic heterocycles. The van der Waals surface area contributed by atoms with Crippen molar-refractivity contribution >= 4 is 10.0 Å². The number of aromatic nitrogens is 2. The fourth-order valence-electron chi connectivity index (χ4n) is 4.14. The van der Waals surface area contributed by atoms with Crippen molar-refractivity contribution in [2.75, 3.05) is 0 Å². The Morgan fingerprint density at radius 1 is 1.16 bits per heavy atom. The standard InChI is InChI=1S/C18H21N3O3S/c1-12-19-17-10-15-8-7-14(9-16(17)18(22)20-12)21(15)25(23,24)11-13-5-3-2-4-6-13/h2-6,14-15H,7-11H2,1H3,(H,19,20,22)/t14-,15+/m1/s1. The van der Waals surface area contributed by atoms with E-state index >= 15 is 0 Å². The first-order chi connectivity index (χ1) is 11.9. The average Bonchev–Trinajstić information content (AvgIpc) is 2.85. The number of benzene rings is 1. The maximum absolute atomic E-state index is 13.1. The van der Waals surface area contributed by atoms with Crippen LogP contribution in [0.1, 0.15) is 35.5 Å². The van der Waals surface area contributed by atoms with E-state index < -0.39 is 10.0 Å². The zero-order chi connectivity index (χ0) is 17.6. The van der Waals surface area contributed by atoms with Crippen molar-refractivity contribution in [2.45, 2.75) is 50.4 Å². The highest BCUT2D eigenvalue weighted by molar-refractivity contribution is 7.88. The Morgan fingerprint density at radius 3 is 2.56 bits per heavy atom. The largest absolute Gasteiger partial charge is 0.311 e. The first-order valence-corrected chi connectivity index (χ1v) is 10.2. The number of hydrogen-bond donors (Lipinski definition) is 1. The second-order valence-electron chi connectivity index (χ2n) is 6.94. The summed E-state index contributed by atoms with van der Waals surface area (Å²) in [6.07, 6.45) is 2.59. The Hall–Kier alpha value is -1.99. The van der Waals surface area contributed by atoms with E-state index in [0.717, 1.165) is 24.1 Å². The highest BCUT2D eigenvalue weighted by atomic mass is 32.2. The molecule has 0 aliphatic carbocycles. The molecule has 3 heterocycles. The van der Waals surface area contributed by atoms with Crippen LogP contribution in [0.25, 0.3) is 0 Å². The number of nitrogens with zero attached hydrogens (tertiary/aromatic N) is 2. The predicted molar refractivity (Wildman–Crippen MR) is 94.7 cm³/mol. The number of hydrogen-bond acceptors (Lipinski definition) is 4. The van der Waals surface area contributed by atoms with Crippen LogP contribution in [0.3, 0.4) is 0 Å². The third-order valence-electron chi connectivity index (χ3n) is 5.15. The van der Waals surface area contributed by atoms with Gasteiger partial charge in [-0.25, -0.2) is 13.4 Å². The summed E-state index contributed by atoms with van der Waals surface area (Å²) in [6, 6.07) is 9.00. The van der Waals surface area contributed by atoms with Gasteiger partial charge in [0.1, 0.15) is 5.82 Å². The smallest absolute Gasteiger partial charge is 0.254 e. The van der Waals surface area contributed by atoms with Gasteiger partial charge >= 0.3 is 0 Å². The molecule has 1 fully saturated rings. The molecule has 2 aliphatic rings. The molecule has 0 unspecified atom stereocenters. The molecule has 0 saturated carbocycles. The summed E-state index contributed by atoms with van der Waals surface area (Å²) in [4.78, 5) is 19.5. The minimum absolute atomic E-state index is 0.00000126. The molecule has 0 radical (unpaired) electrons. The van der Waals surface area contributed by atoms with Crippen molar-refractivity contribution in [1.82, 2.24) is 14.3 Å². The van der Waals surface area contributed by atoms with Gasteiger partial charge in [0.2, 0.25) is 10.0 Å². The second kappa shape index (κ2) is 6.07. The molecule has 2 aromatic rings. The van der Waals surface area contributed by atoms with Crippen LogP contribution in [0.2, 0.25) is 0 Å². The lowest BCUT2D eigenvalue weighted by atomic mass is 9.98. The number of rotatable bonds is 3. The van der Waals surface area contributed by atoms with Crippen LogP contribution in [0.15, 0.2) is 35.1 Å². The highest BCUT2D eigenvalue weighted by Crippen LogP contribution is 2.35. The summed E-state index contributed by atoms with van der Waals surface area (Å²) < 4.78 is 27.8. The van der Waals surface area contributed by atoms with Crippen LogP contribution in [0.4, 0.5) is 0 Å². The van der Waals surface area contributed by atoms with Crippen LogP contribution in [-0.2, 0) is 28.6 Å². The van der Waals surface area contributed by atoms with E-state index in [-0.39, 0.29) is 23.4 Å². The van der Waals surface area contributed by atoms with Gasteiger partial charge in [0.05, 0.1) is 11.4 Å². The first kappa shape index (κ1) is 16.5. The normalized spacial score (nSPS) is 23.2. The monoisotopic (exact) mass is 359 g/mol. The second-order valence-corrected chi connectivity index (χ2v) is 8.82. The minimum atomic E-state index is -3.44. The lowest BCUT2D eigenvalue weighted by Gasteiger charge is -2.27. The topological polar surface area (TPSA) is 83.1 Å². The van der Waals surface area contributed by atoms with Crippen LogP contribution >= 0.6 is 0 Å². The number of aryl methyl sites for hydroxylation is 1. The van der Waals surface area contributed by atoms with E-state index in [4.69, 9.17) is 0 Å². The Kier molecular flexibility index (Phi) is 4.00. The fourth-order valence-corrected chi connectivity index (χ4v) is 6.17. The third-order valence-corrected chi connectivity index (χ3v) is 7.09. The van der Waals surface area contributed by atoms with Gasteiger partial charge in [-0.3, -0.25) is 4.79 Å². The number of H-pyrrole nitrogens is 1. The molecule has 0 amide bonds. The molecule has 1 aromatic carbocycles. The number of aromatic amines is 1. The van der Waals surface area contributed by atoms with Gasteiger partial charge in [-0.05, 0) is 31.7 Å². The van der Waals surface area contributed by atoms with E-state index in [2.05, 4.69) is 9.97 Å². The number of nitrogens with one attached hydrogen (secondary N) is 1. The molecule has 2 aliphatic heterocycles. The molecule has 6 nitrogen and oxygen atoms in total. The Labute approximate surface area is 147 Å². The van der Waals surface area contributed by atoms with Crippen LogP contribution < -0.4 is 5.56 Å². The van der Waals surface area contributed by atoms with Gasteiger partial charge in [-0.2, -0.15) is 4.31 Å². The van der Waals surface area contributed by atoms with Crippen LogP contribution in [0, 0.1) is 6.92 Å². The molecule has 1 N–H and O–H groups in total. The van der Waals surface area contributed by atoms with Crippen molar-refractivity contribution in [2.24, 2.45) is 0 Å². The minimum Gasteiger partial charge on any atom is -0.311 e. The molecule has 132 valence electrons. The summed E-state index contributed by atoms with van der Waals surface area (Å²) in [5, 5.41) is 0. The summed E-state index contributed by atoms with van der Waals surface area (Å²) in [5.41, 5.74) is 2.07. The molecule has 25 heavy (non-hydrogen) atoms. The van der Waals surface area contributed by atoms with Crippen molar-refractivity contribution in [1.29, 1.82) is 0 Å². The van der Waals surface area contributed by atoms with Gasteiger partial charge < -0.3 is 4.98 Å². The van der Waals surface area contributed by atoms with E-state index in [9.17, 15) is 13.2 Å². The molecular weight excluding hydrogens is 338 g/mol. The summed E-state index contributed by atoms with van der Waals surface area (Å²) in [5.74, 6) is 0.584. The SMILES string of the molecule is Cc1nc2c(c(=O)[nH]1)C[C@H]1CC[C@@H](C2)N1S(=O)(=O)Cc1ccccc1. The highest BCUT2D eigenvalue weighted by Gasteiger charge is 2.44. The molecule has 4 rings (SSSR count). The molecular formula is C18H21N3O3S. The summed E-state index contributed by atoms with van der Waals surface area (Å²) >= 11 is 0. The predicted octanol–water partition coefficient (Wildman–Crippen LogP) is 1.54. The van der Waals surface area contributed by atoms with E-state index in [1.54, 1.807) is 11.2 Å². The van der Waals surface area contributed by atoms with Crippen molar-refractivity contribution in [3.05, 3.63) is 63.3 Å². The van der Waals surface area contributed by atoms with Gasteiger partial charge in [-0.1, -0.05) is 30.3 Å². The summed E-state index contributed by atoms with van der Waals surface area (Å²) in [6.45, 7) is 1.76. The van der Waals surface area contributed by atoms with Gasteiger partial charge in [0.15, 0.2) is 0 Å². The van der Waals surface area contributed by atoms with Crippen LogP contribution in [0.5, 0.6) is 0 Å². The van der Waals surface area contributed by atoms with Gasteiger partial charge in [-0.15, -0.1) is 0 Å². The van der Waals surface area contributed by atoms with Crippen LogP contribution in [-0.4, -0.2) is 34.8 Å². The Balaban J connectivity index is 1.69. The maximum Gasteiger partial charge on any atom is 0.254 e. The molecule has 1 saturated heterocycles. The Bertz CT molecular complexity index is 953. The molecule has 0 spiro atoms. The zero-order valence-corrected chi connectivity index (χ0v) is 14.9. The van der Waals surface area contributed by atoms with E-state index in [0.29, 0.717) is 24.2 Å². The zero-order valence-electron chi connectivity index (χ0n) is 14.1. The molecule has 7 heteroatoms. The molecule has 2 atom stereocenters. The van der Waals surface area contributed by atoms with E-state index in [1.807, 2.05) is 30.3 Å². The quantitative estimate of drug-likeness (QED) is 0.901. The maximum atomic E-state index is 13.1. The van der Waals surface area contributed by atoms with Crippen molar-refractivity contribution in [3.8, 4) is 0 Å². The van der Waals surface area contributed by atoms with E-state index in [1.165, 1.54) is 0 Å². The number of sulfonamides is 1. The van der Waals surface area contributed by atoms with Gasteiger partial charge in [0, 0.05) is 24.1 Å².